The zero-order valence-electron chi connectivity index (χ0n) is 9.01. The van der Waals surface area contributed by atoms with Crippen LogP contribution < -0.4 is 5.19 Å². The standard InChI is InChI=1S/C13H17Si/c1-4-6-11-14(3)13-9-7-12(5-2)8-10-13/h2,7-10H,4,6,11H2,1,3H3. The van der Waals surface area contributed by atoms with Crippen LogP contribution in [0, 0.1) is 12.3 Å². The molecular formula is C13H17Si. The largest absolute Gasteiger partial charge is 0.115 e. The van der Waals surface area contributed by atoms with Gasteiger partial charge in [0, 0.05) is 5.56 Å². The van der Waals surface area contributed by atoms with Gasteiger partial charge >= 0.3 is 0 Å². The van der Waals surface area contributed by atoms with Crippen molar-refractivity contribution in [3.8, 4) is 12.3 Å². The van der Waals surface area contributed by atoms with Gasteiger partial charge in [0.25, 0.3) is 0 Å². The highest BCUT2D eigenvalue weighted by Crippen LogP contribution is 2.03. The summed E-state index contributed by atoms with van der Waals surface area (Å²) in [6, 6.07) is 9.86. The van der Waals surface area contributed by atoms with Crippen LogP contribution in [0.25, 0.3) is 0 Å². The average Bonchev–Trinajstić information content (AvgIpc) is 2.26. The van der Waals surface area contributed by atoms with E-state index in [2.05, 4.69) is 43.7 Å². The van der Waals surface area contributed by atoms with E-state index in [9.17, 15) is 0 Å². The smallest absolute Gasteiger partial charge is 0.0824 e. The number of hydrogen-bond acceptors (Lipinski definition) is 0. The Bertz CT molecular complexity index is 305. The molecule has 0 saturated heterocycles. The molecule has 0 atom stereocenters. The van der Waals surface area contributed by atoms with Crippen molar-refractivity contribution in [1.29, 1.82) is 0 Å². The van der Waals surface area contributed by atoms with Gasteiger partial charge in [0.05, 0.1) is 8.80 Å². The first kappa shape index (κ1) is 11.1. The van der Waals surface area contributed by atoms with E-state index in [1.54, 1.807) is 0 Å². The fourth-order valence-corrected chi connectivity index (χ4v) is 3.35. The quantitative estimate of drug-likeness (QED) is 0.519. The van der Waals surface area contributed by atoms with Gasteiger partial charge in [-0.15, -0.1) is 6.42 Å². The van der Waals surface area contributed by atoms with Crippen LogP contribution in [-0.4, -0.2) is 8.80 Å². The molecular weight excluding hydrogens is 184 g/mol. The molecule has 0 amide bonds. The topological polar surface area (TPSA) is 0 Å². The Labute approximate surface area is 89.0 Å². The van der Waals surface area contributed by atoms with E-state index in [1.807, 2.05) is 0 Å². The second-order valence-corrected chi connectivity index (χ2v) is 6.24. The average molecular weight is 201 g/mol. The molecule has 0 aliphatic heterocycles. The van der Waals surface area contributed by atoms with Gasteiger partial charge in [-0.25, -0.2) is 0 Å². The molecule has 73 valence electrons. The minimum absolute atomic E-state index is 0.323. The fourth-order valence-electron chi connectivity index (χ4n) is 1.44. The van der Waals surface area contributed by atoms with Gasteiger partial charge in [-0.3, -0.25) is 0 Å². The molecule has 1 rings (SSSR count). The lowest BCUT2D eigenvalue weighted by Gasteiger charge is -2.08. The van der Waals surface area contributed by atoms with Crippen molar-refractivity contribution in [2.75, 3.05) is 0 Å². The first-order valence-corrected chi connectivity index (χ1v) is 7.38. The molecule has 0 aliphatic carbocycles. The van der Waals surface area contributed by atoms with Crippen LogP contribution in [0.3, 0.4) is 0 Å². The van der Waals surface area contributed by atoms with E-state index < -0.39 is 0 Å². The molecule has 0 aliphatic rings. The van der Waals surface area contributed by atoms with Crippen LogP contribution in [0.15, 0.2) is 24.3 Å². The minimum Gasteiger partial charge on any atom is -0.115 e. The Morgan fingerprint density at radius 2 is 1.93 bits per heavy atom. The van der Waals surface area contributed by atoms with Crippen LogP contribution in [0.1, 0.15) is 25.3 Å². The number of terminal acetylenes is 1. The highest BCUT2D eigenvalue weighted by atomic mass is 28.3. The zero-order chi connectivity index (χ0) is 10.4. The Balaban J connectivity index is 2.63. The molecule has 14 heavy (non-hydrogen) atoms. The summed E-state index contributed by atoms with van der Waals surface area (Å²) < 4.78 is 0. The normalized spacial score (nSPS) is 10.1. The van der Waals surface area contributed by atoms with Crippen molar-refractivity contribution in [3.05, 3.63) is 29.8 Å². The highest BCUT2D eigenvalue weighted by molar-refractivity contribution is 6.71. The molecule has 0 saturated carbocycles. The molecule has 1 aromatic carbocycles. The van der Waals surface area contributed by atoms with Crippen molar-refractivity contribution in [3.63, 3.8) is 0 Å². The third-order valence-electron chi connectivity index (χ3n) is 2.45. The number of unbranched alkanes of at least 4 members (excludes halogenated alkanes) is 1. The van der Waals surface area contributed by atoms with Crippen LogP contribution in [0.5, 0.6) is 0 Å². The Morgan fingerprint density at radius 1 is 1.29 bits per heavy atom. The van der Waals surface area contributed by atoms with Gasteiger partial charge in [-0.05, 0) is 12.1 Å². The number of benzene rings is 1. The van der Waals surface area contributed by atoms with E-state index in [1.165, 1.54) is 24.1 Å². The molecule has 1 heteroatoms. The van der Waals surface area contributed by atoms with Gasteiger partial charge in [0.2, 0.25) is 0 Å². The van der Waals surface area contributed by atoms with Crippen LogP contribution >= 0.6 is 0 Å². The summed E-state index contributed by atoms with van der Waals surface area (Å²) in [5.41, 5.74) is 0.985. The molecule has 0 spiro atoms. The number of hydrogen-bond donors (Lipinski definition) is 0. The van der Waals surface area contributed by atoms with Crippen LogP contribution in [0.2, 0.25) is 12.6 Å². The lowest BCUT2D eigenvalue weighted by molar-refractivity contribution is 0.876. The maximum Gasteiger partial charge on any atom is 0.0824 e. The predicted molar refractivity (Wildman–Crippen MR) is 65.3 cm³/mol. The predicted octanol–water partition coefficient (Wildman–Crippen LogP) is 2.80. The fraction of sp³-hybridized carbons (Fsp3) is 0.385. The van der Waals surface area contributed by atoms with Gasteiger partial charge in [-0.1, -0.05) is 55.6 Å². The van der Waals surface area contributed by atoms with Gasteiger partial charge in [0.1, 0.15) is 0 Å². The molecule has 1 radical (unpaired) electrons. The molecule has 1 aromatic rings. The van der Waals surface area contributed by atoms with Crippen LogP contribution in [0.4, 0.5) is 0 Å². The number of rotatable bonds is 4. The monoisotopic (exact) mass is 201 g/mol. The SMILES string of the molecule is C#Cc1ccc([Si](C)CCCC)cc1. The lowest BCUT2D eigenvalue weighted by atomic mass is 10.2. The van der Waals surface area contributed by atoms with Crippen molar-refractivity contribution in [1.82, 2.24) is 0 Å². The van der Waals surface area contributed by atoms with E-state index in [0.29, 0.717) is 0 Å². The summed E-state index contributed by atoms with van der Waals surface area (Å²) >= 11 is 0. The van der Waals surface area contributed by atoms with Crippen molar-refractivity contribution in [2.45, 2.75) is 32.4 Å². The molecule has 0 nitrogen and oxygen atoms in total. The summed E-state index contributed by atoms with van der Waals surface area (Å²) in [7, 11) is -0.323. The van der Waals surface area contributed by atoms with Gasteiger partial charge in [0.15, 0.2) is 0 Å². The second kappa shape index (κ2) is 5.67. The second-order valence-electron chi connectivity index (χ2n) is 3.61. The maximum absolute atomic E-state index is 5.31. The Kier molecular flexibility index (Phi) is 4.48. The summed E-state index contributed by atoms with van der Waals surface area (Å²) in [4.78, 5) is 0. The third kappa shape index (κ3) is 3.05. The Morgan fingerprint density at radius 3 is 2.43 bits per heavy atom. The zero-order valence-corrected chi connectivity index (χ0v) is 10.0. The summed E-state index contributed by atoms with van der Waals surface area (Å²) in [5.74, 6) is 2.65. The van der Waals surface area contributed by atoms with E-state index in [-0.39, 0.29) is 8.80 Å². The summed E-state index contributed by atoms with van der Waals surface area (Å²) in [5, 5.41) is 1.50. The van der Waals surface area contributed by atoms with Crippen LogP contribution in [-0.2, 0) is 0 Å². The van der Waals surface area contributed by atoms with Gasteiger partial charge < -0.3 is 0 Å². The molecule has 0 heterocycles. The van der Waals surface area contributed by atoms with Gasteiger partial charge in [-0.2, -0.15) is 0 Å². The highest BCUT2D eigenvalue weighted by Gasteiger charge is 2.06. The van der Waals surface area contributed by atoms with Crippen molar-refractivity contribution < 1.29 is 0 Å². The summed E-state index contributed by atoms with van der Waals surface area (Å²) in [6.45, 7) is 4.63. The molecule has 0 bridgehead atoms. The molecule has 0 N–H and O–H groups in total. The van der Waals surface area contributed by atoms with Crippen molar-refractivity contribution >= 4 is 14.0 Å². The third-order valence-corrected chi connectivity index (χ3v) is 4.87. The minimum atomic E-state index is -0.323. The van der Waals surface area contributed by atoms with E-state index >= 15 is 0 Å². The first-order chi connectivity index (χ1) is 6.77. The molecule has 0 fully saturated rings. The maximum atomic E-state index is 5.31. The first-order valence-electron chi connectivity index (χ1n) is 5.17. The van der Waals surface area contributed by atoms with E-state index in [4.69, 9.17) is 6.42 Å². The van der Waals surface area contributed by atoms with E-state index in [0.717, 1.165) is 5.56 Å². The Hall–Kier alpha value is -1.00. The molecule has 0 aromatic heterocycles. The van der Waals surface area contributed by atoms with Crippen molar-refractivity contribution in [2.24, 2.45) is 0 Å². The summed E-state index contributed by atoms with van der Waals surface area (Å²) in [6.07, 6.45) is 7.96. The lowest BCUT2D eigenvalue weighted by Crippen LogP contribution is -2.25. The molecule has 0 unspecified atom stereocenters.